The Morgan fingerprint density at radius 1 is 1.50 bits per heavy atom. The molecular weight excluding hydrogens is 268 g/mol. The molecule has 2 rings (SSSR count). The van der Waals surface area contributed by atoms with Crippen LogP contribution in [0.3, 0.4) is 0 Å². The second kappa shape index (κ2) is 4.10. The summed E-state index contributed by atoms with van der Waals surface area (Å²) in [5.74, 6) is -0.482. The van der Waals surface area contributed by atoms with Crippen LogP contribution in [0.15, 0.2) is 18.2 Å². The van der Waals surface area contributed by atoms with E-state index in [-0.39, 0.29) is 11.8 Å². The number of hydrogen-bond acceptors (Lipinski definition) is 1. The first kappa shape index (κ1) is 12.0. The minimum absolute atomic E-state index is 0.157. The van der Waals surface area contributed by atoms with Crippen LogP contribution in [0.2, 0.25) is 5.02 Å². The van der Waals surface area contributed by atoms with Gasteiger partial charge in [-0.15, -0.1) is 23.2 Å². The van der Waals surface area contributed by atoms with Gasteiger partial charge in [0.1, 0.15) is 4.33 Å². The molecule has 1 atom stereocenters. The zero-order valence-corrected chi connectivity index (χ0v) is 10.8. The van der Waals surface area contributed by atoms with Gasteiger partial charge in [-0.3, -0.25) is 4.79 Å². The van der Waals surface area contributed by atoms with Gasteiger partial charge in [0, 0.05) is 10.7 Å². The Balaban J connectivity index is 2.10. The number of halogens is 3. The quantitative estimate of drug-likeness (QED) is 0.820. The predicted octanol–water partition coefficient (Wildman–Crippen LogP) is 3.78. The summed E-state index contributed by atoms with van der Waals surface area (Å²) >= 11 is 17.5. The summed E-state index contributed by atoms with van der Waals surface area (Å²) in [6.07, 6.45) is 0.502. The molecule has 1 fully saturated rings. The van der Waals surface area contributed by atoms with Gasteiger partial charge in [-0.25, -0.2) is 0 Å². The average molecular weight is 279 g/mol. The van der Waals surface area contributed by atoms with Crippen LogP contribution in [-0.2, 0) is 4.79 Å². The first-order chi connectivity index (χ1) is 7.40. The highest BCUT2D eigenvalue weighted by molar-refractivity contribution is 6.52. The van der Waals surface area contributed by atoms with E-state index in [2.05, 4.69) is 5.32 Å². The van der Waals surface area contributed by atoms with Crippen LogP contribution in [0.5, 0.6) is 0 Å². The van der Waals surface area contributed by atoms with E-state index in [0.29, 0.717) is 17.1 Å². The lowest BCUT2D eigenvalue weighted by Gasteiger charge is -2.08. The van der Waals surface area contributed by atoms with Gasteiger partial charge >= 0.3 is 0 Å². The molecule has 1 saturated carbocycles. The van der Waals surface area contributed by atoms with Crippen molar-refractivity contribution in [3.8, 4) is 0 Å². The van der Waals surface area contributed by atoms with E-state index < -0.39 is 4.33 Å². The highest BCUT2D eigenvalue weighted by atomic mass is 35.5. The van der Waals surface area contributed by atoms with Crippen molar-refractivity contribution in [3.63, 3.8) is 0 Å². The van der Waals surface area contributed by atoms with E-state index in [1.165, 1.54) is 0 Å². The minimum Gasteiger partial charge on any atom is -0.325 e. The van der Waals surface area contributed by atoms with Crippen molar-refractivity contribution in [2.45, 2.75) is 17.7 Å². The maximum Gasteiger partial charge on any atom is 0.230 e. The summed E-state index contributed by atoms with van der Waals surface area (Å²) in [6.45, 7) is 1.90. The number of rotatable bonds is 2. The fourth-order valence-electron chi connectivity index (χ4n) is 1.45. The van der Waals surface area contributed by atoms with Gasteiger partial charge in [-0.2, -0.15) is 0 Å². The van der Waals surface area contributed by atoms with Crippen molar-refractivity contribution in [1.29, 1.82) is 0 Å². The van der Waals surface area contributed by atoms with Gasteiger partial charge in [0.25, 0.3) is 0 Å². The van der Waals surface area contributed by atoms with Crippen LogP contribution in [0.4, 0.5) is 5.69 Å². The smallest absolute Gasteiger partial charge is 0.230 e. The normalized spacial score (nSPS) is 21.6. The molecule has 0 unspecified atom stereocenters. The molecule has 0 spiro atoms. The summed E-state index contributed by atoms with van der Waals surface area (Å²) < 4.78 is -0.892. The summed E-state index contributed by atoms with van der Waals surface area (Å²) in [5, 5.41) is 3.36. The highest BCUT2D eigenvalue weighted by Gasteiger charge is 2.56. The second-order valence-electron chi connectivity index (χ2n) is 3.97. The summed E-state index contributed by atoms with van der Waals surface area (Å²) in [7, 11) is 0. The van der Waals surface area contributed by atoms with Gasteiger partial charge in [0.05, 0.1) is 5.92 Å². The summed E-state index contributed by atoms with van der Waals surface area (Å²) in [4.78, 5) is 11.7. The number of hydrogen-bond donors (Lipinski definition) is 1. The molecule has 5 heteroatoms. The Bertz CT molecular complexity index is 445. The van der Waals surface area contributed by atoms with Crippen molar-refractivity contribution in [1.82, 2.24) is 0 Å². The van der Waals surface area contributed by atoms with E-state index >= 15 is 0 Å². The van der Waals surface area contributed by atoms with E-state index in [4.69, 9.17) is 34.8 Å². The van der Waals surface area contributed by atoms with Crippen LogP contribution in [0.1, 0.15) is 12.0 Å². The SMILES string of the molecule is Cc1ccc(Cl)cc1NC(=O)[C@@H]1CC1(Cl)Cl. The van der Waals surface area contributed by atoms with Gasteiger partial charge in [0.2, 0.25) is 5.91 Å². The van der Waals surface area contributed by atoms with Crippen molar-refractivity contribution in [3.05, 3.63) is 28.8 Å². The number of carbonyl (C=O) groups excluding carboxylic acids is 1. The first-order valence-corrected chi connectivity index (χ1v) is 5.98. The van der Waals surface area contributed by atoms with Crippen LogP contribution in [-0.4, -0.2) is 10.2 Å². The number of carbonyl (C=O) groups is 1. The molecule has 1 aliphatic carbocycles. The summed E-state index contributed by atoms with van der Waals surface area (Å²) in [6, 6.07) is 5.33. The lowest BCUT2D eigenvalue weighted by molar-refractivity contribution is -0.117. The molecule has 16 heavy (non-hydrogen) atoms. The average Bonchev–Trinajstić information content (AvgIpc) is 2.82. The maximum atomic E-state index is 11.7. The Morgan fingerprint density at radius 3 is 2.69 bits per heavy atom. The minimum atomic E-state index is -0.892. The number of aryl methyl sites for hydroxylation is 1. The molecule has 1 aromatic carbocycles. The molecule has 0 radical (unpaired) electrons. The third-order valence-corrected chi connectivity index (χ3v) is 3.67. The standard InChI is InChI=1S/C11H10Cl3NO/c1-6-2-3-7(12)4-9(6)15-10(16)8-5-11(8,13)14/h2-4,8H,5H2,1H3,(H,15,16)/t8-/m0/s1. The zero-order valence-electron chi connectivity index (χ0n) is 8.56. The third kappa shape index (κ3) is 2.45. The Labute approximate surface area is 109 Å². The zero-order chi connectivity index (χ0) is 11.9. The van der Waals surface area contributed by atoms with Crippen molar-refractivity contribution in [2.24, 2.45) is 5.92 Å². The van der Waals surface area contributed by atoms with Crippen LogP contribution in [0.25, 0.3) is 0 Å². The lowest BCUT2D eigenvalue weighted by atomic mass is 10.2. The molecule has 1 aromatic rings. The highest BCUT2D eigenvalue weighted by Crippen LogP contribution is 2.53. The molecule has 0 aromatic heterocycles. The molecule has 86 valence electrons. The largest absolute Gasteiger partial charge is 0.325 e. The van der Waals surface area contributed by atoms with Crippen molar-refractivity contribution < 1.29 is 4.79 Å². The van der Waals surface area contributed by atoms with Crippen LogP contribution < -0.4 is 5.32 Å². The van der Waals surface area contributed by atoms with Gasteiger partial charge in [-0.05, 0) is 31.0 Å². The molecule has 1 N–H and O–H groups in total. The first-order valence-electron chi connectivity index (χ1n) is 4.85. The second-order valence-corrected chi connectivity index (χ2v) is 5.95. The van der Waals surface area contributed by atoms with E-state index in [9.17, 15) is 4.79 Å². The molecule has 2 nitrogen and oxygen atoms in total. The maximum absolute atomic E-state index is 11.7. The van der Waals surface area contributed by atoms with Gasteiger partial charge in [0.15, 0.2) is 0 Å². The molecule has 0 aliphatic heterocycles. The van der Waals surface area contributed by atoms with Crippen LogP contribution >= 0.6 is 34.8 Å². The fraction of sp³-hybridized carbons (Fsp3) is 0.364. The van der Waals surface area contributed by atoms with Crippen molar-refractivity contribution in [2.75, 3.05) is 5.32 Å². The molecule has 1 amide bonds. The topological polar surface area (TPSA) is 29.1 Å². The predicted molar refractivity (Wildman–Crippen MR) is 67.4 cm³/mol. The molecule has 0 heterocycles. The number of benzene rings is 1. The van der Waals surface area contributed by atoms with E-state index in [1.807, 2.05) is 13.0 Å². The Hall–Kier alpha value is -0.440. The third-order valence-electron chi connectivity index (χ3n) is 2.60. The molecular formula is C11H10Cl3NO. The van der Waals surface area contributed by atoms with E-state index in [1.54, 1.807) is 12.1 Å². The van der Waals surface area contributed by atoms with Crippen LogP contribution in [0, 0.1) is 12.8 Å². The monoisotopic (exact) mass is 277 g/mol. The van der Waals surface area contributed by atoms with Crippen molar-refractivity contribution >= 4 is 46.4 Å². The Morgan fingerprint density at radius 2 is 2.12 bits per heavy atom. The number of alkyl halides is 2. The van der Waals surface area contributed by atoms with E-state index in [0.717, 1.165) is 5.56 Å². The fourth-order valence-corrected chi connectivity index (χ4v) is 2.13. The number of nitrogens with one attached hydrogen (secondary N) is 1. The molecule has 0 bridgehead atoms. The van der Waals surface area contributed by atoms with Gasteiger partial charge in [-0.1, -0.05) is 17.7 Å². The summed E-state index contributed by atoms with van der Waals surface area (Å²) in [5.41, 5.74) is 1.65. The molecule has 1 aliphatic rings. The van der Waals surface area contributed by atoms with Gasteiger partial charge < -0.3 is 5.32 Å². The Kier molecular flexibility index (Phi) is 3.08. The number of anilines is 1. The number of amides is 1. The lowest BCUT2D eigenvalue weighted by Crippen LogP contribution is -2.17. The molecule has 0 saturated heterocycles.